The Balaban J connectivity index is 1.57. The SMILES string of the molecule is CCc1nn(C[C@H](C)NC(=O)OC(C)(C)C)c(CC)c1S(=O)(=O)c1ccc(N2CCC3(CCCC3)C2=O)cc1. The molecule has 0 radical (unpaired) electrons. The lowest BCUT2D eigenvalue weighted by Crippen LogP contribution is -2.40. The summed E-state index contributed by atoms with van der Waals surface area (Å²) < 4.78 is 34.8. The van der Waals surface area contributed by atoms with Gasteiger partial charge in [0.25, 0.3) is 0 Å². The van der Waals surface area contributed by atoms with E-state index in [4.69, 9.17) is 4.74 Å². The summed E-state index contributed by atoms with van der Waals surface area (Å²) in [7, 11) is -3.86. The lowest BCUT2D eigenvalue weighted by Gasteiger charge is -2.22. The van der Waals surface area contributed by atoms with Crippen LogP contribution in [-0.4, -0.2) is 48.4 Å². The summed E-state index contributed by atoms with van der Waals surface area (Å²) in [4.78, 5) is 27.6. The Morgan fingerprint density at radius 2 is 1.74 bits per heavy atom. The predicted molar refractivity (Wildman–Crippen MR) is 150 cm³/mol. The zero-order chi connectivity index (χ0) is 28.6. The van der Waals surface area contributed by atoms with E-state index in [1.165, 1.54) is 0 Å². The minimum absolute atomic E-state index is 0.174. The topological polar surface area (TPSA) is 111 Å². The second-order valence-electron chi connectivity index (χ2n) is 11.9. The van der Waals surface area contributed by atoms with Gasteiger partial charge in [-0.15, -0.1) is 0 Å². The number of amides is 2. The quantitative estimate of drug-likeness (QED) is 0.485. The molecule has 2 aliphatic rings. The molecule has 0 bridgehead atoms. The fraction of sp³-hybridized carbons (Fsp3) is 0.621. The largest absolute Gasteiger partial charge is 0.444 e. The standard InChI is InChI=1S/C29H42N4O5S/c1-7-23-25(24(8-2)33(31-23)19-20(3)30-27(35)38-28(4,5)6)39(36,37)22-13-11-21(12-14-22)32-18-17-29(26(32)34)15-9-10-16-29/h11-14,20H,7-10,15-19H2,1-6H3,(H,30,35)/t20-/m0/s1. The van der Waals surface area contributed by atoms with Crippen LogP contribution in [0.4, 0.5) is 10.5 Å². The van der Waals surface area contributed by atoms with E-state index >= 15 is 0 Å². The van der Waals surface area contributed by atoms with E-state index in [0.717, 1.165) is 37.8 Å². The van der Waals surface area contributed by atoms with Crippen LogP contribution >= 0.6 is 0 Å². The Hall–Kier alpha value is -2.88. The molecule has 10 heteroatoms. The second-order valence-corrected chi connectivity index (χ2v) is 13.7. The third kappa shape index (κ3) is 5.85. The molecule has 4 rings (SSSR count). The van der Waals surface area contributed by atoms with Crippen molar-refractivity contribution in [3.8, 4) is 0 Å². The van der Waals surface area contributed by atoms with E-state index in [9.17, 15) is 18.0 Å². The molecule has 214 valence electrons. The zero-order valence-corrected chi connectivity index (χ0v) is 24.9. The summed E-state index contributed by atoms with van der Waals surface area (Å²) >= 11 is 0. The number of nitrogens with one attached hydrogen (secondary N) is 1. The molecular formula is C29H42N4O5S. The number of carbonyl (C=O) groups excluding carboxylic acids is 2. The van der Waals surface area contributed by atoms with E-state index in [1.54, 1.807) is 49.7 Å². The number of aromatic nitrogens is 2. The van der Waals surface area contributed by atoms with Crippen molar-refractivity contribution in [2.45, 2.75) is 114 Å². The zero-order valence-electron chi connectivity index (χ0n) is 24.0. The van der Waals surface area contributed by atoms with Crippen LogP contribution in [0.1, 0.15) is 85.0 Å². The van der Waals surface area contributed by atoms with Gasteiger partial charge >= 0.3 is 6.09 Å². The van der Waals surface area contributed by atoms with Crippen LogP contribution in [0.25, 0.3) is 0 Å². The van der Waals surface area contributed by atoms with Gasteiger partial charge in [0.15, 0.2) is 0 Å². The minimum Gasteiger partial charge on any atom is -0.444 e. The van der Waals surface area contributed by atoms with Gasteiger partial charge in [-0.25, -0.2) is 13.2 Å². The molecule has 9 nitrogen and oxygen atoms in total. The highest BCUT2D eigenvalue weighted by Gasteiger charge is 2.48. The lowest BCUT2D eigenvalue weighted by molar-refractivity contribution is -0.125. The van der Waals surface area contributed by atoms with Gasteiger partial charge in [-0.2, -0.15) is 5.10 Å². The van der Waals surface area contributed by atoms with Crippen molar-refractivity contribution in [1.29, 1.82) is 0 Å². The van der Waals surface area contributed by atoms with Gasteiger partial charge in [-0.3, -0.25) is 9.48 Å². The van der Waals surface area contributed by atoms with Gasteiger partial charge < -0.3 is 15.0 Å². The number of hydrogen-bond acceptors (Lipinski definition) is 6. The number of nitrogens with zero attached hydrogens (tertiary/aromatic N) is 3. The first-order valence-electron chi connectivity index (χ1n) is 14.1. The smallest absolute Gasteiger partial charge is 0.407 e. The molecule has 2 heterocycles. The maximum Gasteiger partial charge on any atom is 0.407 e. The van der Waals surface area contributed by atoms with Crippen LogP contribution in [0.15, 0.2) is 34.1 Å². The first-order valence-corrected chi connectivity index (χ1v) is 15.5. The van der Waals surface area contributed by atoms with Crippen LogP contribution in [0, 0.1) is 5.41 Å². The molecule has 2 fully saturated rings. The summed E-state index contributed by atoms with van der Waals surface area (Å²) in [6.07, 6.45) is 5.34. The summed E-state index contributed by atoms with van der Waals surface area (Å²) in [5.74, 6) is 0.174. The van der Waals surface area contributed by atoms with E-state index in [1.807, 2.05) is 25.7 Å². The van der Waals surface area contributed by atoms with Crippen LogP contribution in [-0.2, 0) is 38.8 Å². The summed E-state index contributed by atoms with van der Waals surface area (Å²) in [6, 6.07) is 6.35. The first kappa shape index (κ1) is 29.1. The highest BCUT2D eigenvalue weighted by Crippen LogP contribution is 2.47. The van der Waals surface area contributed by atoms with Gasteiger partial charge in [0.1, 0.15) is 10.5 Å². The Morgan fingerprint density at radius 1 is 1.10 bits per heavy atom. The number of rotatable bonds is 8. The Labute approximate surface area is 232 Å². The monoisotopic (exact) mass is 558 g/mol. The van der Waals surface area contributed by atoms with Crippen LogP contribution in [0.5, 0.6) is 0 Å². The van der Waals surface area contributed by atoms with Gasteiger partial charge in [0, 0.05) is 18.3 Å². The second kappa shape index (κ2) is 10.9. The van der Waals surface area contributed by atoms with E-state index in [0.29, 0.717) is 37.3 Å². The molecule has 1 aromatic heterocycles. The number of benzene rings is 1. The van der Waals surface area contributed by atoms with E-state index < -0.39 is 21.5 Å². The molecule has 2 aromatic rings. The molecule has 39 heavy (non-hydrogen) atoms. The van der Waals surface area contributed by atoms with Gasteiger partial charge in [-0.1, -0.05) is 26.7 Å². The molecule has 2 amide bonds. The molecule has 1 saturated carbocycles. The van der Waals surface area contributed by atoms with Crippen LogP contribution in [0.3, 0.4) is 0 Å². The molecule has 1 aliphatic carbocycles. The Bertz CT molecular complexity index is 1320. The average molecular weight is 559 g/mol. The molecule has 1 aliphatic heterocycles. The van der Waals surface area contributed by atoms with Crippen molar-refractivity contribution in [3.05, 3.63) is 35.7 Å². The van der Waals surface area contributed by atoms with Crippen molar-refractivity contribution in [1.82, 2.24) is 15.1 Å². The van der Waals surface area contributed by atoms with Crippen molar-refractivity contribution >= 4 is 27.5 Å². The number of alkyl carbamates (subject to hydrolysis) is 1. The average Bonchev–Trinajstić information content (AvgIpc) is 3.56. The fourth-order valence-corrected chi connectivity index (χ4v) is 7.68. The van der Waals surface area contributed by atoms with Crippen molar-refractivity contribution in [3.63, 3.8) is 0 Å². The number of ether oxygens (including phenoxy) is 1. The van der Waals surface area contributed by atoms with Crippen LogP contribution < -0.4 is 10.2 Å². The number of sulfone groups is 1. The third-order valence-electron chi connectivity index (χ3n) is 7.76. The highest BCUT2D eigenvalue weighted by atomic mass is 32.2. The van der Waals surface area contributed by atoms with E-state index in [-0.39, 0.29) is 27.2 Å². The maximum atomic E-state index is 13.9. The summed E-state index contributed by atoms with van der Waals surface area (Å²) in [5, 5.41) is 7.44. The normalized spacial score (nSPS) is 18.1. The molecule has 1 aromatic carbocycles. The molecule has 1 spiro atoms. The number of anilines is 1. The van der Waals surface area contributed by atoms with Crippen LogP contribution in [0.2, 0.25) is 0 Å². The molecule has 1 atom stereocenters. The summed E-state index contributed by atoms with van der Waals surface area (Å²) in [5.41, 5.74) is 1.01. The fourth-order valence-electron chi connectivity index (χ4n) is 5.89. The molecule has 1 N–H and O–H groups in total. The maximum absolute atomic E-state index is 13.9. The van der Waals surface area contributed by atoms with Gasteiger partial charge in [-0.05, 0) is 84.1 Å². The molecular weight excluding hydrogens is 516 g/mol. The summed E-state index contributed by atoms with van der Waals surface area (Å²) in [6.45, 7) is 12.0. The van der Waals surface area contributed by atoms with Crippen molar-refractivity contribution in [2.75, 3.05) is 11.4 Å². The molecule has 1 saturated heterocycles. The number of carbonyl (C=O) groups is 2. The highest BCUT2D eigenvalue weighted by molar-refractivity contribution is 7.91. The number of aryl methyl sites for hydroxylation is 1. The lowest BCUT2D eigenvalue weighted by atomic mass is 9.85. The van der Waals surface area contributed by atoms with Gasteiger partial charge in [0.05, 0.1) is 28.2 Å². The van der Waals surface area contributed by atoms with E-state index in [2.05, 4.69) is 10.4 Å². The minimum atomic E-state index is -3.86. The Morgan fingerprint density at radius 3 is 2.31 bits per heavy atom. The number of hydrogen-bond donors (Lipinski definition) is 1. The molecule has 0 unspecified atom stereocenters. The predicted octanol–water partition coefficient (Wildman–Crippen LogP) is 5.05. The van der Waals surface area contributed by atoms with Crippen molar-refractivity contribution < 1.29 is 22.7 Å². The Kier molecular flexibility index (Phi) is 8.17. The first-order chi connectivity index (χ1) is 18.3. The van der Waals surface area contributed by atoms with Gasteiger partial charge in [0.2, 0.25) is 15.7 Å². The third-order valence-corrected chi connectivity index (χ3v) is 9.66. The van der Waals surface area contributed by atoms with Crippen molar-refractivity contribution in [2.24, 2.45) is 5.41 Å².